The van der Waals surface area contributed by atoms with Gasteiger partial charge in [0.2, 0.25) is 5.91 Å². The van der Waals surface area contributed by atoms with Crippen molar-refractivity contribution in [1.82, 2.24) is 10.6 Å². The van der Waals surface area contributed by atoms with Gasteiger partial charge in [-0.3, -0.25) is 9.59 Å². The van der Waals surface area contributed by atoms with Crippen molar-refractivity contribution >= 4 is 18.0 Å². The summed E-state index contributed by atoms with van der Waals surface area (Å²) >= 11 is 0. The predicted molar refractivity (Wildman–Crippen MR) is 125 cm³/mol. The Morgan fingerprint density at radius 2 is 1.65 bits per heavy atom. The summed E-state index contributed by atoms with van der Waals surface area (Å²) in [5, 5.41) is 14.8. The molecule has 3 N–H and O–H groups in total. The van der Waals surface area contributed by atoms with Crippen LogP contribution in [-0.4, -0.2) is 55.0 Å². The summed E-state index contributed by atoms with van der Waals surface area (Å²) in [5.41, 5.74) is 3.02. The van der Waals surface area contributed by atoms with Crippen LogP contribution in [-0.2, 0) is 19.1 Å². The van der Waals surface area contributed by atoms with E-state index in [2.05, 4.69) is 22.8 Å². The minimum absolute atomic E-state index is 0.0898. The Bertz CT molecular complexity index is 1040. The normalized spacial score (nSPS) is 20.6. The van der Waals surface area contributed by atoms with Crippen LogP contribution in [0.1, 0.15) is 43.2 Å². The highest BCUT2D eigenvalue weighted by atomic mass is 16.5. The maximum absolute atomic E-state index is 13.0. The van der Waals surface area contributed by atoms with Crippen LogP contribution in [0.2, 0.25) is 0 Å². The third-order valence-electron chi connectivity index (χ3n) is 6.81. The lowest BCUT2D eigenvalue weighted by Gasteiger charge is -2.31. The van der Waals surface area contributed by atoms with Gasteiger partial charge in [0, 0.05) is 19.1 Å². The molecule has 0 bridgehead atoms. The fraction of sp³-hybridized carbons (Fsp3) is 0.423. The van der Waals surface area contributed by atoms with Crippen LogP contribution in [0.3, 0.4) is 0 Å². The van der Waals surface area contributed by atoms with Gasteiger partial charge in [-0.1, -0.05) is 55.0 Å². The highest BCUT2D eigenvalue weighted by Gasteiger charge is 2.41. The van der Waals surface area contributed by atoms with Crippen molar-refractivity contribution in [2.45, 2.75) is 43.7 Å². The number of hydrogen-bond donors (Lipinski definition) is 3. The molecule has 180 valence electrons. The third kappa shape index (κ3) is 4.63. The maximum Gasteiger partial charge on any atom is 0.408 e. The summed E-state index contributed by atoms with van der Waals surface area (Å²) in [6.45, 7) is 1.57. The van der Waals surface area contributed by atoms with E-state index in [4.69, 9.17) is 9.47 Å². The summed E-state index contributed by atoms with van der Waals surface area (Å²) in [5.74, 6) is -2.16. The number of methoxy groups -OCH3 is 1. The lowest BCUT2D eigenvalue weighted by atomic mass is 9.98. The molecule has 0 radical (unpaired) electrons. The number of amides is 2. The molecule has 2 aliphatic rings. The summed E-state index contributed by atoms with van der Waals surface area (Å²) in [6, 6.07) is 15.6. The van der Waals surface area contributed by atoms with Crippen LogP contribution in [0.15, 0.2) is 48.5 Å². The molecular weight excluding hydrogens is 436 g/mol. The van der Waals surface area contributed by atoms with Crippen LogP contribution in [0.5, 0.6) is 0 Å². The maximum atomic E-state index is 13.0. The number of carboxylic acids is 1. The van der Waals surface area contributed by atoms with Gasteiger partial charge in [0.25, 0.3) is 0 Å². The SMILES string of the molecule is COCC(C)(NC(=O)OCC1c2ccccc2-c2ccccc21)C(=O)N[C@@H]1CCC[C@@H]1C(=O)O. The Kier molecular flexibility index (Phi) is 6.88. The summed E-state index contributed by atoms with van der Waals surface area (Å²) in [7, 11) is 1.43. The zero-order valence-electron chi connectivity index (χ0n) is 19.4. The first-order valence-corrected chi connectivity index (χ1v) is 11.5. The number of carbonyl (C=O) groups excluding carboxylic acids is 2. The molecule has 8 heteroatoms. The van der Waals surface area contributed by atoms with Crippen molar-refractivity contribution in [2.75, 3.05) is 20.3 Å². The standard InChI is InChI=1S/C26H30N2O6/c1-26(15-33-2,24(31)27-22-13-7-12-20(22)23(29)30)28-25(32)34-14-21-18-10-5-3-8-16(18)17-9-4-6-11-19(17)21/h3-6,8-11,20-22H,7,12-15H2,1-2H3,(H,27,31)(H,28,32)(H,29,30)/t20-,22+,26?/m0/s1. The number of carbonyl (C=O) groups is 3. The second kappa shape index (κ2) is 9.85. The number of carboxylic acid groups (broad SMARTS) is 1. The van der Waals surface area contributed by atoms with E-state index in [-0.39, 0.29) is 19.1 Å². The zero-order chi connectivity index (χ0) is 24.3. The fourth-order valence-corrected chi connectivity index (χ4v) is 5.06. The fourth-order valence-electron chi connectivity index (χ4n) is 5.06. The molecule has 8 nitrogen and oxygen atoms in total. The van der Waals surface area contributed by atoms with E-state index in [0.29, 0.717) is 12.8 Å². The van der Waals surface area contributed by atoms with Crippen LogP contribution in [0.4, 0.5) is 4.79 Å². The van der Waals surface area contributed by atoms with Crippen LogP contribution in [0.25, 0.3) is 11.1 Å². The lowest BCUT2D eigenvalue weighted by Crippen LogP contribution is -2.61. The van der Waals surface area contributed by atoms with Crippen molar-refractivity contribution < 1.29 is 29.0 Å². The Morgan fingerprint density at radius 1 is 1.03 bits per heavy atom. The first kappa shape index (κ1) is 23.8. The highest BCUT2D eigenvalue weighted by Crippen LogP contribution is 2.44. The van der Waals surface area contributed by atoms with Crippen LogP contribution >= 0.6 is 0 Å². The van der Waals surface area contributed by atoms with Gasteiger partial charge in [-0.2, -0.15) is 0 Å². The Labute approximate surface area is 198 Å². The van der Waals surface area contributed by atoms with E-state index in [1.54, 1.807) is 0 Å². The molecule has 3 atom stereocenters. The molecule has 0 aliphatic heterocycles. The van der Waals surface area contributed by atoms with E-state index in [0.717, 1.165) is 28.7 Å². The molecule has 2 aromatic carbocycles. The van der Waals surface area contributed by atoms with Crippen LogP contribution < -0.4 is 10.6 Å². The molecule has 2 aliphatic carbocycles. The summed E-state index contributed by atoms with van der Waals surface area (Å²) in [6.07, 6.45) is 1.08. The van der Waals surface area contributed by atoms with Crippen molar-refractivity contribution in [3.8, 4) is 11.1 Å². The van der Waals surface area contributed by atoms with E-state index in [1.807, 2.05) is 36.4 Å². The number of ether oxygens (including phenoxy) is 2. The quantitative estimate of drug-likeness (QED) is 0.550. The molecule has 1 saturated carbocycles. The Hall–Kier alpha value is -3.39. The molecule has 1 unspecified atom stereocenters. The smallest absolute Gasteiger partial charge is 0.408 e. The molecule has 1 fully saturated rings. The summed E-state index contributed by atoms with van der Waals surface area (Å²) < 4.78 is 10.8. The van der Waals surface area contributed by atoms with Crippen molar-refractivity contribution in [3.05, 3.63) is 59.7 Å². The Morgan fingerprint density at radius 3 is 2.24 bits per heavy atom. The topological polar surface area (TPSA) is 114 Å². The number of hydrogen-bond acceptors (Lipinski definition) is 5. The van der Waals surface area contributed by atoms with Gasteiger partial charge < -0.3 is 25.2 Å². The number of aliphatic carboxylic acids is 1. The second-order valence-corrected chi connectivity index (χ2v) is 9.17. The summed E-state index contributed by atoms with van der Waals surface area (Å²) in [4.78, 5) is 37.3. The molecule has 0 spiro atoms. The molecule has 0 aromatic heterocycles. The first-order chi connectivity index (χ1) is 16.3. The number of rotatable bonds is 8. The molecule has 4 rings (SSSR count). The van der Waals surface area contributed by atoms with Gasteiger partial charge in [-0.05, 0) is 42.0 Å². The van der Waals surface area contributed by atoms with Gasteiger partial charge in [0.05, 0.1) is 12.5 Å². The zero-order valence-corrected chi connectivity index (χ0v) is 19.4. The van der Waals surface area contributed by atoms with Gasteiger partial charge in [0.15, 0.2) is 0 Å². The van der Waals surface area contributed by atoms with Gasteiger partial charge in [0.1, 0.15) is 12.1 Å². The van der Waals surface area contributed by atoms with Gasteiger partial charge in [-0.25, -0.2) is 4.79 Å². The number of alkyl carbamates (subject to hydrolysis) is 1. The molecule has 2 amide bonds. The van der Waals surface area contributed by atoms with Crippen molar-refractivity contribution in [3.63, 3.8) is 0 Å². The van der Waals surface area contributed by atoms with Crippen LogP contribution in [0, 0.1) is 5.92 Å². The van der Waals surface area contributed by atoms with Crippen molar-refractivity contribution in [1.29, 1.82) is 0 Å². The largest absolute Gasteiger partial charge is 0.481 e. The third-order valence-corrected chi connectivity index (χ3v) is 6.81. The number of fused-ring (bicyclic) bond motifs is 3. The molecule has 0 saturated heterocycles. The first-order valence-electron chi connectivity index (χ1n) is 11.5. The predicted octanol–water partition coefficient (Wildman–Crippen LogP) is 3.30. The van der Waals surface area contributed by atoms with Gasteiger partial charge >= 0.3 is 12.1 Å². The average Bonchev–Trinajstić information content (AvgIpc) is 3.40. The molecule has 0 heterocycles. The minimum atomic E-state index is -1.41. The average molecular weight is 467 g/mol. The van der Waals surface area contributed by atoms with Gasteiger partial charge in [-0.15, -0.1) is 0 Å². The van der Waals surface area contributed by atoms with E-state index < -0.39 is 35.5 Å². The monoisotopic (exact) mass is 466 g/mol. The number of nitrogens with one attached hydrogen (secondary N) is 2. The highest BCUT2D eigenvalue weighted by molar-refractivity contribution is 5.90. The second-order valence-electron chi connectivity index (χ2n) is 9.17. The minimum Gasteiger partial charge on any atom is -0.481 e. The Balaban J connectivity index is 1.42. The molecular formula is C26H30N2O6. The molecule has 34 heavy (non-hydrogen) atoms. The lowest BCUT2D eigenvalue weighted by molar-refractivity contribution is -0.142. The van der Waals surface area contributed by atoms with E-state index in [9.17, 15) is 19.5 Å². The molecule has 2 aromatic rings. The van der Waals surface area contributed by atoms with E-state index in [1.165, 1.54) is 14.0 Å². The van der Waals surface area contributed by atoms with Crippen molar-refractivity contribution in [2.24, 2.45) is 5.92 Å². The van der Waals surface area contributed by atoms with E-state index >= 15 is 0 Å². The number of benzene rings is 2.